The van der Waals surface area contributed by atoms with E-state index in [0.29, 0.717) is 0 Å². The third kappa shape index (κ3) is 6.62. The summed E-state index contributed by atoms with van der Waals surface area (Å²) in [5.41, 5.74) is 5.24. The van der Waals surface area contributed by atoms with Crippen LogP contribution in [0, 0.1) is 0 Å². The van der Waals surface area contributed by atoms with E-state index >= 15 is 0 Å². The normalized spacial score (nSPS) is 13.4. The van der Waals surface area contributed by atoms with Gasteiger partial charge in [-0.2, -0.15) is 0 Å². The van der Waals surface area contributed by atoms with Gasteiger partial charge in [-0.1, -0.05) is 12.7 Å². The molecule has 0 saturated carbocycles. The molecule has 0 aliphatic carbocycles. The quantitative estimate of drug-likeness (QED) is 0.529. The zero-order chi connectivity index (χ0) is 11.2. The van der Waals surface area contributed by atoms with E-state index in [4.69, 9.17) is 15.2 Å². The van der Waals surface area contributed by atoms with Crippen molar-refractivity contribution in [3.05, 3.63) is 12.7 Å². The maximum atomic E-state index is 11.1. The molecule has 4 heteroatoms. The summed E-state index contributed by atoms with van der Waals surface area (Å²) in [6, 6.07) is -0.728. The third-order valence-electron chi connectivity index (χ3n) is 1.34. The molecule has 0 aromatic carbocycles. The van der Waals surface area contributed by atoms with Crippen molar-refractivity contribution in [1.29, 1.82) is 0 Å². The lowest BCUT2D eigenvalue weighted by molar-refractivity contribution is -0.146. The second-order valence-electron chi connectivity index (χ2n) is 3.95. The van der Waals surface area contributed by atoms with Crippen LogP contribution in [0.2, 0.25) is 0 Å². The molecule has 1 atom stereocenters. The molecule has 14 heavy (non-hydrogen) atoms. The summed E-state index contributed by atoms with van der Waals surface area (Å²) >= 11 is 0. The highest BCUT2D eigenvalue weighted by molar-refractivity contribution is 5.75. The van der Waals surface area contributed by atoms with Crippen LogP contribution in [0.5, 0.6) is 0 Å². The summed E-state index contributed by atoms with van der Waals surface area (Å²) < 4.78 is 10.1. The zero-order valence-electron chi connectivity index (χ0n) is 9.08. The first-order valence-corrected chi connectivity index (χ1v) is 4.54. The highest BCUT2D eigenvalue weighted by Gasteiger charge is 2.18. The number of carbonyl (C=O) groups excluding carboxylic acids is 1. The Kier molecular flexibility index (Phi) is 5.42. The number of rotatable bonds is 5. The first kappa shape index (κ1) is 13.1. The smallest absolute Gasteiger partial charge is 0.325 e. The highest BCUT2D eigenvalue weighted by atomic mass is 16.5. The summed E-state index contributed by atoms with van der Waals surface area (Å²) in [7, 11) is 0. The molecule has 0 heterocycles. The Labute approximate surface area is 85.1 Å². The summed E-state index contributed by atoms with van der Waals surface area (Å²) in [4.78, 5) is 11.1. The maximum absolute atomic E-state index is 11.1. The van der Waals surface area contributed by atoms with Gasteiger partial charge < -0.3 is 15.2 Å². The molecule has 4 nitrogen and oxygen atoms in total. The van der Waals surface area contributed by atoms with E-state index < -0.39 is 12.0 Å². The number of carbonyl (C=O) groups is 1. The lowest BCUT2D eigenvalue weighted by Crippen LogP contribution is -2.39. The van der Waals surface area contributed by atoms with Gasteiger partial charge >= 0.3 is 5.97 Å². The molecule has 0 aromatic rings. The minimum Gasteiger partial charge on any atom is -0.460 e. The molecular formula is C10H19NO3. The van der Waals surface area contributed by atoms with Gasteiger partial charge in [0.05, 0.1) is 12.2 Å². The molecule has 0 rings (SSSR count). The molecule has 0 radical (unpaired) electrons. The average Bonchev–Trinajstić information content (AvgIpc) is 2.09. The van der Waals surface area contributed by atoms with Gasteiger partial charge in [-0.3, -0.25) is 4.79 Å². The number of nitrogens with two attached hydrogens (primary N) is 1. The van der Waals surface area contributed by atoms with Crippen LogP contribution in [-0.4, -0.2) is 30.8 Å². The maximum Gasteiger partial charge on any atom is 0.325 e. The van der Waals surface area contributed by atoms with E-state index in [0.717, 1.165) is 0 Å². The predicted octanol–water partition coefficient (Wildman–Crippen LogP) is 0.858. The number of hydrogen-bond donors (Lipinski definition) is 1. The van der Waals surface area contributed by atoms with Crippen LogP contribution in [0.4, 0.5) is 0 Å². The lowest BCUT2D eigenvalue weighted by Gasteiger charge is -2.21. The second kappa shape index (κ2) is 5.78. The van der Waals surface area contributed by atoms with Crippen molar-refractivity contribution in [2.75, 3.05) is 13.2 Å². The van der Waals surface area contributed by atoms with Gasteiger partial charge in [0.1, 0.15) is 12.6 Å². The van der Waals surface area contributed by atoms with Crippen LogP contribution < -0.4 is 5.73 Å². The summed E-state index contributed by atoms with van der Waals surface area (Å²) in [5.74, 6) is -0.464. The van der Waals surface area contributed by atoms with Crippen molar-refractivity contribution < 1.29 is 14.3 Å². The molecular weight excluding hydrogens is 182 g/mol. The Hall–Kier alpha value is -0.870. The molecule has 0 aliphatic rings. The van der Waals surface area contributed by atoms with E-state index in [1.54, 1.807) is 0 Å². The number of hydrogen-bond acceptors (Lipinski definition) is 4. The Morgan fingerprint density at radius 1 is 1.57 bits per heavy atom. The van der Waals surface area contributed by atoms with Crippen molar-refractivity contribution in [2.24, 2.45) is 5.73 Å². The second-order valence-corrected chi connectivity index (χ2v) is 3.95. The Morgan fingerprint density at radius 2 is 2.14 bits per heavy atom. The molecule has 2 N–H and O–H groups in total. The van der Waals surface area contributed by atoms with E-state index in [1.165, 1.54) is 6.08 Å². The standard InChI is InChI=1S/C10H19NO3/c1-5-6-13-9(12)8(11)7-14-10(2,3)4/h5,8H,1,6-7,11H2,2-4H3/t8-/m0/s1. The van der Waals surface area contributed by atoms with Gasteiger partial charge in [0.25, 0.3) is 0 Å². The fourth-order valence-electron chi connectivity index (χ4n) is 0.656. The Bertz CT molecular complexity index is 196. The van der Waals surface area contributed by atoms with Crippen molar-refractivity contribution in [1.82, 2.24) is 0 Å². The first-order chi connectivity index (χ1) is 6.37. The molecule has 0 unspecified atom stereocenters. The zero-order valence-corrected chi connectivity index (χ0v) is 9.08. The molecule has 0 bridgehead atoms. The molecule has 0 fully saturated rings. The van der Waals surface area contributed by atoms with Crippen molar-refractivity contribution >= 4 is 5.97 Å². The van der Waals surface area contributed by atoms with Crippen LogP contribution in [0.25, 0.3) is 0 Å². The number of esters is 1. The molecule has 0 aromatic heterocycles. The lowest BCUT2D eigenvalue weighted by atomic mass is 10.2. The Balaban J connectivity index is 3.78. The van der Waals surface area contributed by atoms with Gasteiger partial charge in [0.15, 0.2) is 0 Å². The van der Waals surface area contributed by atoms with Crippen molar-refractivity contribution in [3.8, 4) is 0 Å². The predicted molar refractivity (Wildman–Crippen MR) is 54.8 cm³/mol. The minimum absolute atomic E-state index is 0.166. The van der Waals surface area contributed by atoms with Gasteiger partial charge in [0, 0.05) is 0 Å². The average molecular weight is 201 g/mol. The summed E-state index contributed by atoms with van der Waals surface area (Å²) in [6.45, 7) is 9.47. The van der Waals surface area contributed by atoms with Gasteiger partial charge in [-0.05, 0) is 20.8 Å². The largest absolute Gasteiger partial charge is 0.460 e. The molecule has 82 valence electrons. The Morgan fingerprint density at radius 3 is 2.57 bits per heavy atom. The SMILES string of the molecule is C=CCOC(=O)[C@@H](N)COC(C)(C)C. The van der Waals surface area contributed by atoms with Crippen molar-refractivity contribution in [2.45, 2.75) is 32.4 Å². The van der Waals surface area contributed by atoms with E-state index in [1.807, 2.05) is 20.8 Å². The molecule has 0 spiro atoms. The highest BCUT2D eigenvalue weighted by Crippen LogP contribution is 2.06. The fraction of sp³-hybridized carbons (Fsp3) is 0.700. The first-order valence-electron chi connectivity index (χ1n) is 4.54. The monoisotopic (exact) mass is 201 g/mol. The van der Waals surface area contributed by atoms with E-state index in [9.17, 15) is 4.79 Å². The number of ether oxygens (including phenoxy) is 2. The van der Waals surface area contributed by atoms with E-state index in [-0.39, 0.29) is 18.8 Å². The van der Waals surface area contributed by atoms with Crippen molar-refractivity contribution in [3.63, 3.8) is 0 Å². The molecule has 0 aliphatic heterocycles. The van der Waals surface area contributed by atoms with Crippen LogP contribution in [0.15, 0.2) is 12.7 Å². The summed E-state index contributed by atoms with van der Waals surface area (Å²) in [5, 5.41) is 0. The van der Waals surface area contributed by atoms with Gasteiger partial charge in [-0.15, -0.1) is 0 Å². The molecule has 0 amide bonds. The van der Waals surface area contributed by atoms with Gasteiger partial charge in [0.2, 0.25) is 0 Å². The van der Waals surface area contributed by atoms with E-state index in [2.05, 4.69) is 6.58 Å². The molecule has 0 saturated heterocycles. The fourth-order valence-corrected chi connectivity index (χ4v) is 0.656. The third-order valence-corrected chi connectivity index (χ3v) is 1.34. The van der Waals surface area contributed by atoms with Crippen LogP contribution in [0.1, 0.15) is 20.8 Å². The van der Waals surface area contributed by atoms with Crippen LogP contribution in [0.3, 0.4) is 0 Å². The summed E-state index contributed by atoms with van der Waals surface area (Å²) in [6.07, 6.45) is 1.50. The van der Waals surface area contributed by atoms with Gasteiger partial charge in [-0.25, -0.2) is 0 Å². The minimum atomic E-state index is -0.728. The topological polar surface area (TPSA) is 61.5 Å². The van der Waals surface area contributed by atoms with Crippen LogP contribution >= 0.6 is 0 Å². The van der Waals surface area contributed by atoms with Crippen LogP contribution in [-0.2, 0) is 14.3 Å².